The fraction of sp³-hybridized carbons (Fsp3) is 0.125. The first kappa shape index (κ1) is 22.6. The molecule has 0 fully saturated rings. The fourth-order valence-electron chi connectivity index (χ4n) is 3.39. The normalized spacial score (nSPS) is 14.8. The number of nitrogens with zero attached hydrogens (tertiary/aromatic N) is 1. The lowest BCUT2D eigenvalue weighted by molar-refractivity contribution is -0.140. The summed E-state index contributed by atoms with van der Waals surface area (Å²) in [6, 6.07) is 18.9. The number of hydrogen-bond acceptors (Lipinski definition) is 5. The summed E-state index contributed by atoms with van der Waals surface area (Å²) in [5.74, 6) is -1.21. The van der Waals surface area contributed by atoms with Gasteiger partial charge in [-0.3, -0.25) is 14.5 Å². The number of esters is 1. The Morgan fingerprint density at radius 1 is 1.00 bits per heavy atom. The molecule has 0 saturated carbocycles. The monoisotopic (exact) mass is 484 g/mol. The van der Waals surface area contributed by atoms with Crippen LogP contribution in [0.4, 0.5) is 11.4 Å². The van der Waals surface area contributed by atoms with Gasteiger partial charge in [-0.2, -0.15) is 0 Å². The van der Waals surface area contributed by atoms with E-state index in [9.17, 15) is 14.4 Å². The number of anilines is 2. The smallest absolute Gasteiger partial charge is 0.335 e. The number of hydrogen-bond donors (Lipinski definition) is 1. The van der Waals surface area contributed by atoms with E-state index in [1.807, 2.05) is 6.07 Å². The van der Waals surface area contributed by atoms with Crippen LogP contribution in [0.1, 0.15) is 6.42 Å². The zero-order valence-electron chi connectivity index (χ0n) is 17.2. The van der Waals surface area contributed by atoms with Crippen LogP contribution in [0.15, 0.2) is 72.8 Å². The molecule has 4 rings (SSSR count). The molecular formula is C24H18Cl2N2O5. The van der Waals surface area contributed by atoms with Crippen molar-refractivity contribution < 1.29 is 23.9 Å². The summed E-state index contributed by atoms with van der Waals surface area (Å²) in [5, 5.41) is 3.39. The lowest BCUT2D eigenvalue weighted by Crippen LogP contribution is -2.52. The molecule has 1 N–H and O–H groups in total. The van der Waals surface area contributed by atoms with Crippen molar-refractivity contribution in [3.63, 3.8) is 0 Å². The number of halogens is 2. The van der Waals surface area contributed by atoms with Gasteiger partial charge in [0.25, 0.3) is 5.91 Å². The average Bonchev–Trinajstić information content (AvgIpc) is 2.79. The van der Waals surface area contributed by atoms with Gasteiger partial charge in [-0.25, -0.2) is 4.79 Å². The van der Waals surface area contributed by atoms with Crippen LogP contribution in [0, 0.1) is 0 Å². The van der Waals surface area contributed by atoms with Gasteiger partial charge < -0.3 is 14.8 Å². The highest BCUT2D eigenvalue weighted by Gasteiger charge is 2.40. The molecular weight excluding hydrogens is 467 g/mol. The molecule has 0 aliphatic carbocycles. The molecule has 0 radical (unpaired) electrons. The van der Waals surface area contributed by atoms with Crippen LogP contribution in [-0.4, -0.2) is 30.4 Å². The van der Waals surface area contributed by atoms with Crippen LogP contribution < -0.4 is 19.7 Å². The van der Waals surface area contributed by atoms with Gasteiger partial charge in [0, 0.05) is 10.7 Å². The molecule has 2 amide bonds. The Hall–Kier alpha value is -3.55. The summed E-state index contributed by atoms with van der Waals surface area (Å²) in [6.07, 6.45) is -0.296. The summed E-state index contributed by atoms with van der Waals surface area (Å²) >= 11 is 12.0. The molecule has 0 spiro atoms. The molecule has 168 valence electrons. The molecule has 0 bridgehead atoms. The average molecular weight is 485 g/mol. The van der Waals surface area contributed by atoms with Crippen LogP contribution in [0.2, 0.25) is 10.0 Å². The van der Waals surface area contributed by atoms with Crippen molar-refractivity contribution in [2.75, 3.05) is 16.8 Å². The summed E-state index contributed by atoms with van der Waals surface area (Å²) < 4.78 is 11.0. The predicted molar refractivity (Wildman–Crippen MR) is 125 cm³/mol. The van der Waals surface area contributed by atoms with Gasteiger partial charge in [-0.1, -0.05) is 53.5 Å². The van der Waals surface area contributed by atoms with E-state index in [2.05, 4.69) is 5.32 Å². The van der Waals surface area contributed by atoms with E-state index >= 15 is 0 Å². The Labute approximate surface area is 199 Å². The molecule has 33 heavy (non-hydrogen) atoms. The van der Waals surface area contributed by atoms with Gasteiger partial charge in [-0.15, -0.1) is 0 Å². The number of carbonyl (C=O) groups is 3. The van der Waals surface area contributed by atoms with E-state index in [-0.39, 0.29) is 22.9 Å². The largest absolute Gasteiger partial charge is 0.482 e. The molecule has 1 atom stereocenters. The van der Waals surface area contributed by atoms with Crippen molar-refractivity contribution in [2.24, 2.45) is 0 Å². The standard InChI is InChI=1S/C24H18Cl2N2O5/c25-15-10-11-20(17(26)12-15)32-14-23(30)28-18-8-4-5-9-21(18)33-24(31)19(28)13-22(29)27-16-6-2-1-3-7-16/h1-12,19H,13-14H2,(H,27,29)/t19-/m1/s1. The van der Waals surface area contributed by atoms with E-state index in [0.717, 1.165) is 0 Å². The third-order valence-electron chi connectivity index (χ3n) is 4.87. The van der Waals surface area contributed by atoms with Crippen LogP contribution in [-0.2, 0) is 14.4 Å². The molecule has 7 nitrogen and oxygen atoms in total. The Morgan fingerprint density at radius 3 is 2.48 bits per heavy atom. The van der Waals surface area contributed by atoms with Crippen molar-refractivity contribution >= 4 is 52.4 Å². The van der Waals surface area contributed by atoms with Crippen molar-refractivity contribution in [1.82, 2.24) is 0 Å². The van der Waals surface area contributed by atoms with Gasteiger partial charge in [0.2, 0.25) is 5.91 Å². The topological polar surface area (TPSA) is 84.9 Å². The number of para-hydroxylation sites is 3. The third-order valence-corrected chi connectivity index (χ3v) is 5.40. The zero-order chi connectivity index (χ0) is 23.4. The van der Waals surface area contributed by atoms with Crippen LogP contribution in [0.5, 0.6) is 11.5 Å². The number of fused-ring (bicyclic) bond motifs is 1. The second kappa shape index (κ2) is 9.94. The van der Waals surface area contributed by atoms with Gasteiger partial charge in [0.1, 0.15) is 11.8 Å². The molecule has 9 heteroatoms. The molecule has 0 aromatic heterocycles. The quantitative estimate of drug-likeness (QED) is 0.404. The maximum atomic E-state index is 13.2. The molecule has 3 aromatic carbocycles. The van der Waals surface area contributed by atoms with E-state index < -0.39 is 30.4 Å². The van der Waals surface area contributed by atoms with Gasteiger partial charge in [-0.05, 0) is 42.5 Å². The minimum absolute atomic E-state index is 0.222. The Morgan fingerprint density at radius 2 is 1.73 bits per heavy atom. The first-order valence-electron chi connectivity index (χ1n) is 9.98. The van der Waals surface area contributed by atoms with Gasteiger partial charge >= 0.3 is 5.97 Å². The fourth-order valence-corrected chi connectivity index (χ4v) is 3.85. The lowest BCUT2D eigenvalue weighted by Gasteiger charge is -2.34. The molecule has 0 unspecified atom stereocenters. The van der Waals surface area contributed by atoms with Crippen LogP contribution in [0.25, 0.3) is 0 Å². The molecule has 0 saturated heterocycles. The second-order valence-electron chi connectivity index (χ2n) is 7.15. The van der Waals surface area contributed by atoms with Crippen molar-refractivity contribution in [2.45, 2.75) is 12.5 Å². The number of amides is 2. The number of benzene rings is 3. The minimum atomic E-state index is -1.17. The summed E-state index contributed by atoms with van der Waals surface area (Å²) in [6.45, 7) is -0.417. The molecule has 1 heterocycles. The molecule has 1 aliphatic rings. The number of carbonyl (C=O) groups excluding carboxylic acids is 3. The predicted octanol–water partition coefficient (Wildman–Crippen LogP) is 4.72. The van der Waals surface area contributed by atoms with Gasteiger partial charge in [0.05, 0.1) is 17.1 Å². The van der Waals surface area contributed by atoms with Crippen LogP contribution >= 0.6 is 23.2 Å². The SMILES string of the molecule is O=C(C[C@@H]1C(=O)Oc2ccccc2N1C(=O)COc1ccc(Cl)cc1Cl)Nc1ccccc1. The maximum Gasteiger partial charge on any atom is 0.335 e. The van der Waals surface area contributed by atoms with Crippen molar-refractivity contribution in [1.29, 1.82) is 0 Å². The first-order valence-corrected chi connectivity index (χ1v) is 10.7. The van der Waals surface area contributed by atoms with E-state index in [1.165, 1.54) is 11.0 Å². The molecule has 1 aliphatic heterocycles. The second-order valence-corrected chi connectivity index (χ2v) is 7.99. The Kier molecular flexibility index (Phi) is 6.82. The van der Waals surface area contributed by atoms with E-state index in [4.69, 9.17) is 32.7 Å². The number of ether oxygens (including phenoxy) is 2. The first-order chi connectivity index (χ1) is 15.9. The Bertz CT molecular complexity index is 1200. The number of nitrogens with one attached hydrogen (secondary N) is 1. The minimum Gasteiger partial charge on any atom is -0.482 e. The third kappa shape index (κ3) is 5.27. The number of rotatable bonds is 6. The van der Waals surface area contributed by atoms with E-state index in [1.54, 1.807) is 60.7 Å². The van der Waals surface area contributed by atoms with Crippen molar-refractivity contribution in [3.05, 3.63) is 82.8 Å². The zero-order valence-corrected chi connectivity index (χ0v) is 18.7. The lowest BCUT2D eigenvalue weighted by atomic mass is 10.1. The summed E-state index contributed by atoms with van der Waals surface area (Å²) in [5.41, 5.74) is 0.941. The van der Waals surface area contributed by atoms with Crippen LogP contribution in [0.3, 0.4) is 0 Å². The van der Waals surface area contributed by atoms with Gasteiger partial charge in [0.15, 0.2) is 12.4 Å². The highest BCUT2D eigenvalue weighted by molar-refractivity contribution is 6.35. The van der Waals surface area contributed by atoms with Crippen molar-refractivity contribution in [3.8, 4) is 11.5 Å². The summed E-state index contributed by atoms with van der Waals surface area (Å²) in [4.78, 5) is 39.8. The maximum absolute atomic E-state index is 13.2. The van der Waals surface area contributed by atoms with E-state index in [0.29, 0.717) is 16.4 Å². The highest BCUT2D eigenvalue weighted by atomic mass is 35.5. The summed E-state index contributed by atoms with van der Waals surface area (Å²) in [7, 11) is 0. The highest BCUT2D eigenvalue weighted by Crippen LogP contribution is 2.35. The Balaban J connectivity index is 1.56. The molecule has 3 aromatic rings.